The van der Waals surface area contributed by atoms with E-state index in [2.05, 4.69) is 24.3 Å². The van der Waals surface area contributed by atoms with Gasteiger partial charge >= 0.3 is 0 Å². The van der Waals surface area contributed by atoms with Crippen LogP contribution in [0.1, 0.15) is 33.6 Å². The third-order valence-corrected chi connectivity index (χ3v) is 3.96. The predicted octanol–water partition coefficient (Wildman–Crippen LogP) is 3.49. The highest BCUT2D eigenvalue weighted by atomic mass is 16.2. The minimum Gasteiger partial charge on any atom is -0.318 e. The fourth-order valence-electron chi connectivity index (χ4n) is 3.11. The Kier molecular flexibility index (Phi) is 2.12. The Bertz CT molecular complexity index is 642. The van der Waals surface area contributed by atoms with E-state index in [0.29, 0.717) is 0 Å². The first kappa shape index (κ1) is 10.6. The van der Waals surface area contributed by atoms with Crippen molar-refractivity contribution in [3.63, 3.8) is 0 Å². The summed E-state index contributed by atoms with van der Waals surface area (Å²) in [6, 6.07) is 18.0. The molecule has 0 fully saturated rings. The van der Waals surface area contributed by atoms with Crippen LogP contribution >= 0.6 is 0 Å². The zero-order valence-electron chi connectivity index (χ0n) is 10.4. The highest BCUT2D eigenvalue weighted by Gasteiger charge is 2.42. The first-order valence-corrected chi connectivity index (χ1v) is 6.51. The van der Waals surface area contributed by atoms with Gasteiger partial charge in [0.15, 0.2) is 0 Å². The molecule has 2 nitrogen and oxygen atoms in total. The molecule has 4 rings (SSSR count). The highest BCUT2D eigenvalue weighted by molar-refractivity contribution is 5.96. The van der Waals surface area contributed by atoms with E-state index in [0.717, 1.165) is 5.56 Å². The zero-order chi connectivity index (χ0) is 12.8. The molecule has 2 atom stereocenters. The Morgan fingerprint density at radius 1 is 0.789 bits per heavy atom. The number of fused-ring (bicyclic) bond motifs is 5. The first-order valence-electron chi connectivity index (χ1n) is 6.51. The van der Waals surface area contributed by atoms with Crippen molar-refractivity contribution in [3.05, 3.63) is 83.4 Å². The molecule has 2 heteroatoms. The van der Waals surface area contributed by atoms with Gasteiger partial charge in [-0.3, -0.25) is 4.79 Å². The minimum atomic E-state index is 0.105. The van der Waals surface area contributed by atoms with Gasteiger partial charge in [0, 0.05) is 5.56 Å². The van der Waals surface area contributed by atoms with Crippen molar-refractivity contribution in [2.24, 2.45) is 0 Å². The minimum absolute atomic E-state index is 0.105. The maximum absolute atomic E-state index is 12.7. The van der Waals surface area contributed by atoms with E-state index in [1.807, 2.05) is 47.4 Å². The molecule has 2 aliphatic rings. The maximum Gasteiger partial charge on any atom is 0.255 e. The smallest absolute Gasteiger partial charge is 0.255 e. The summed E-state index contributed by atoms with van der Waals surface area (Å²) in [5, 5.41) is 0. The molecule has 2 bridgehead atoms. The maximum atomic E-state index is 12.7. The molecule has 0 aromatic heterocycles. The standard InChI is InChI=1S/C17H13NO/c19-17(12-6-2-1-3-7-12)18-15-10-11-16(18)14-9-5-4-8-13(14)15/h1-11,15-16H/t15-,16+. The number of nitrogens with zero attached hydrogens (tertiary/aromatic N) is 1. The van der Waals surface area contributed by atoms with E-state index >= 15 is 0 Å². The Hall–Kier alpha value is -2.35. The summed E-state index contributed by atoms with van der Waals surface area (Å²) in [5.41, 5.74) is 3.28. The number of carbonyl (C=O) groups excluding carboxylic acids is 1. The van der Waals surface area contributed by atoms with Gasteiger partial charge in [0.2, 0.25) is 0 Å². The number of hydrogen-bond donors (Lipinski definition) is 0. The second-order valence-corrected chi connectivity index (χ2v) is 4.98. The molecule has 0 saturated carbocycles. The van der Waals surface area contributed by atoms with Crippen LogP contribution in [0.5, 0.6) is 0 Å². The lowest BCUT2D eigenvalue weighted by atomic mass is 9.97. The molecular weight excluding hydrogens is 234 g/mol. The third-order valence-electron chi connectivity index (χ3n) is 3.96. The van der Waals surface area contributed by atoms with Crippen LogP contribution in [0.15, 0.2) is 66.7 Å². The summed E-state index contributed by atoms with van der Waals surface area (Å²) in [6.07, 6.45) is 4.27. The Labute approximate surface area is 112 Å². The molecule has 19 heavy (non-hydrogen) atoms. The topological polar surface area (TPSA) is 20.3 Å². The van der Waals surface area contributed by atoms with Gasteiger partial charge in [-0.25, -0.2) is 0 Å². The first-order chi connectivity index (χ1) is 9.36. The Balaban J connectivity index is 1.75. The fourth-order valence-corrected chi connectivity index (χ4v) is 3.11. The van der Waals surface area contributed by atoms with Crippen LogP contribution in [0.25, 0.3) is 0 Å². The second-order valence-electron chi connectivity index (χ2n) is 4.98. The number of amides is 1. The molecule has 0 N–H and O–H groups in total. The summed E-state index contributed by atoms with van der Waals surface area (Å²) in [4.78, 5) is 14.6. The predicted molar refractivity (Wildman–Crippen MR) is 73.7 cm³/mol. The van der Waals surface area contributed by atoms with Crippen molar-refractivity contribution in [1.29, 1.82) is 0 Å². The molecule has 2 aliphatic heterocycles. The Morgan fingerprint density at radius 3 is 1.89 bits per heavy atom. The molecule has 0 spiro atoms. The number of carbonyl (C=O) groups is 1. The van der Waals surface area contributed by atoms with Gasteiger partial charge in [-0.15, -0.1) is 0 Å². The summed E-state index contributed by atoms with van der Waals surface area (Å²) >= 11 is 0. The molecule has 92 valence electrons. The lowest BCUT2D eigenvalue weighted by molar-refractivity contribution is 0.0713. The molecule has 2 aromatic carbocycles. The normalized spacial score (nSPS) is 22.6. The van der Waals surface area contributed by atoms with Crippen LogP contribution in [0.2, 0.25) is 0 Å². The molecule has 0 saturated heterocycles. The zero-order valence-corrected chi connectivity index (χ0v) is 10.4. The average molecular weight is 247 g/mol. The molecule has 1 amide bonds. The molecule has 2 aromatic rings. The van der Waals surface area contributed by atoms with Gasteiger partial charge in [-0.05, 0) is 23.3 Å². The fraction of sp³-hybridized carbons (Fsp3) is 0.118. The van der Waals surface area contributed by atoms with Crippen molar-refractivity contribution in [2.45, 2.75) is 12.1 Å². The van der Waals surface area contributed by atoms with Crippen LogP contribution in [-0.4, -0.2) is 10.8 Å². The lowest BCUT2D eigenvalue weighted by Gasteiger charge is -2.22. The van der Waals surface area contributed by atoms with Crippen LogP contribution < -0.4 is 0 Å². The Morgan fingerprint density at radius 2 is 1.32 bits per heavy atom. The van der Waals surface area contributed by atoms with E-state index in [1.54, 1.807) is 0 Å². The van der Waals surface area contributed by atoms with Crippen LogP contribution in [0.3, 0.4) is 0 Å². The van der Waals surface area contributed by atoms with Crippen molar-refractivity contribution < 1.29 is 4.79 Å². The van der Waals surface area contributed by atoms with Crippen molar-refractivity contribution in [3.8, 4) is 0 Å². The van der Waals surface area contributed by atoms with Gasteiger partial charge in [0.1, 0.15) is 0 Å². The van der Waals surface area contributed by atoms with Crippen molar-refractivity contribution in [1.82, 2.24) is 4.90 Å². The molecule has 0 unspecified atom stereocenters. The summed E-state index contributed by atoms with van der Waals surface area (Å²) in [5.74, 6) is 0.108. The monoisotopic (exact) mass is 247 g/mol. The van der Waals surface area contributed by atoms with Crippen molar-refractivity contribution >= 4 is 5.91 Å². The second kappa shape index (κ2) is 3.82. The van der Waals surface area contributed by atoms with E-state index < -0.39 is 0 Å². The number of hydrogen-bond acceptors (Lipinski definition) is 1. The summed E-state index contributed by atoms with van der Waals surface area (Å²) in [6.45, 7) is 0. The lowest BCUT2D eigenvalue weighted by Crippen LogP contribution is -2.28. The van der Waals surface area contributed by atoms with Crippen molar-refractivity contribution in [2.75, 3.05) is 0 Å². The SMILES string of the molecule is O=C(c1ccccc1)N1[C@@H]2C=C[C@H]1c1ccccc12. The largest absolute Gasteiger partial charge is 0.318 e. The summed E-state index contributed by atoms with van der Waals surface area (Å²) in [7, 11) is 0. The van der Waals surface area contributed by atoms with E-state index in [9.17, 15) is 4.79 Å². The molecular formula is C17H13NO. The number of rotatable bonds is 1. The van der Waals surface area contributed by atoms with Crippen LogP contribution in [-0.2, 0) is 0 Å². The van der Waals surface area contributed by atoms with Gasteiger partial charge in [0.25, 0.3) is 5.91 Å². The van der Waals surface area contributed by atoms with Crippen LogP contribution in [0.4, 0.5) is 0 Å². The van der Waals surface area contributed by atoms with Gasteiger partial charge < -0.3 is 4.90 Å². The number of benzene rings is 2. The van der Waals surface area contributed by atoms with E-state index in [1.165, 1.54) is 11.1 Å². The van der Waals surface area contributed by atoms with Gasteiger partial charge in [0.05, 0.1) is 12.1 Å². The van der Waals surface area contributed by atoms with Gasteiger partial charge in [-0.1, -0.05) is 54.6 Å². The average Bonchev–Trinajstić information content (AvgIpc) is 3.04. The molecule has 0 radical (unpaired) electrons. The van der Waals surface area contributed by atoms with Crippen LogP contribution in [0, 0.1) is 0 Å². The van der Waals surface area contributed by atoms with Gasteiger partial charge in [-0.2, -0.15) is 0 Å². The quantitative estimate of drug-likeness (QED) is 0.706. The van der Waals surface area contributed by atoms with E-state index in [4.69, 9.17) is 0 Å². The molecule has 2 heterocycles. The summed E-state index contributed by atoms with van der Waals surface area (Å²) < 4.78 is 0. The molecule has 0 aliphatic carbocycles. The highest BCUT2D eigenvalue weighted by Crippen LogP contribution is 2.48. The third kappa shape index (κ3) is 1.40. The van der Waals surface area contributed by atoms with E-state index in [-0.39, 0.29) is 18.0 Å².